The van der Waals surface area contributed by atoms with Gasteiger partial charge in [0.05, 0.1) is 5.39 Å². The largest absolute Gasteiger partial charge is 0.448 e. The second kappa shape index (κ2) is 9.55. The van der Waals surface area contributed by atoms with Gasteiger partial charge in [0.1, 0.15) is 0 Å². The molecule has 1 atom stereocenters. The lowest BCUT2D eigenvalue weighted by molar-refractivity contribution is -0.139. The Kier molecular flexibility index (Phi) is 6.84. The lowest BCUT2D eigenvalue weighted by Crippen LogP contribution is -2.37. The maximum absolute atomic E-state index is 12.9. The van der Waals surface area contributed by atoms with E-state index in [1.807, 2.05) is 44.2 Å². The third-order valence-corrected chi connectivity index (χ3v) is 4.87. The average Bonchev–Trinajstić information content (AvgIpc) is 2.75. The maximum atomic E-state index is 12.9. The molecule has 0 aliphatic carbocycles. The fourth-order valence-corrected chi connectivity index (χ4v) is 3.37. The van der Waals surface area contributed by atoms with Crippen LogP contribution in [0.3, 0.4) is 0 Å². The predicted octanol–water partition coefficient (Wildman–Crippen LogP) is 3.26. The molecule has 0 bridgehead atoms. The van der Waals surface area contributed by atoms with E-state index in [-0.39, 0.29) is 23.1 Å². The van der Waals surface area contributed by atoms with Crippen molar-refractivity contribution in [1.29, 1.82) is 0 Å². The molecule has 0 radical (unpaired) electrons. The second-order valence-corrected chi connectivity index (χ2v) is 8.00. The molecule has 1 aromatic heterocycles. The van der Waals surface area contributed by atoms with Crippen molar-refractivity contribution >= 4 is 22.6 Å². The van der Waals surface area contributed by atoms with Gasteiger partial charge in [0.2, 0.25) is 0 Å². The Morgan fingerprint density at radius 3 is 2.26 bits per heavy atom. The number of aromatic nitrogens is 2. The van der Waals surface area contributed by atoms with Crippen molar-refractivity contribution in [1.82, 2.24) is 14.7 Å². The molecule has 2 aromatic carbocycles. The van der Waals surface area contributed by atoms with Crippen LogP contribution in [0, 0.1) is 5.92 Å². The summed E-state index contributed by atoms with van der Waals surface area (Å²) >= 11 is 0. The minimum Gasteiger partial charge on any atom is -0.448 e. The van der Waals surface area contributed by atoms with Crippen LogP contribution in [0.5, 0.6) is 0 Å². The first kappa shape index (κ1) is 22.2. The van der Waals surface area contributed by atoms with Gasteiger partial charge in [0.25, 0.3) is 11.5 Å². The van der Waals surface area contributed by atoms with Gasteiger partial charge in [-0.3, -0.25) is 9.59 Å². The molecular formula is C24H27N3O4. The van der Waals surface area contributed by atoms with E-state index in [0.717, 1.165) is 5.56 Å². The summed E-state index contributed by atoms with van der Waals surface area (Å²) < 4.78 is 6.75. The van der Waals surface area contributed by atoms with Crippen LogP contribution in [0.4, 0.5) is 0 Å². The Bertz CT molecular complexity index is 1140. The summed E-state index contributed by atoms with van der Waals surface area (Å²) in [4.78, 5) is 39.9. The van der Waals surface area contributed by atoms with E-state index in [1.54, 1.807) is 31.3 Å². The lowest BCUT2D eigenvalue weighted by atomic mass is 10.1. The number of esters is 1. The molecular weight excluding hydrogens is 394 g/mol. The van der Waals surface area contributed by atoms with E-state index in [9.17, 15) is 14.4 Å². The van der Waals surface area contributed by atoms with Crippen molar-refractivity contribution in [3.63, 3.8) is 0 Å². The molecule has 31 heavy (non-hydrogen) atoms. The highest BCUT2D eigenvalue weighted by Crippen LogP contribution is 2.16. The van der Waals surface area contributed by atoms with Crippen molar-refractivity contribution in [3.05, 3.63) is 76.2 Å². The van der Waals surface area contributed by atoms with Gasteiger partial charge < -0.3 is 9.64 Å². The van der Waals surface area contributed by atoms with Gasteiger partial charge in [0.15, 0.2) is 11.8 Å². The number of hydrogen-bond acceptors (Lipinski definition) is 5. The Morgan fingerprint density at radius 2 is 1.61 bits per heavy atom. The van der Waals surface area contributed by atoms with Crippen molar-refractivity contribution in [3.8, 4) is 0 Å². The molecule has 0 aliphatic heterocycles. The maximum Gasteiger partial charge on any atom is 0.360 e. The van der Waals surface area contributed by atoms with Gasteiger partial charge in [-0.25, -0.2) is 9.48 Å². The van der Waals surface area contributed by atoms with Crippen LogP contribution >= 0.6 is 0 Å². The van der Waals surface area contributed by atoms with E-state index < -0.39 is 12.1 Å². The first-order valence-electron chi connectivity index (χ1n) is 10.3. The molecule has 0 aliphatic rings. The zero-order valence-electron chi connectivity index (χ0n) is 18.2. The van der Waals surface area contributed by atoms with Crippen LogP contribution in [0.1, 0.15) is 36.8 Å². The van der Waals surface area contributed by atoms with Crippen molar-refractivity contribution < 1.29 is 14.3 Å². The molecule has 0 N–H and O–H groups in total. The van der Waals surface area contributed by atoms with Gasteiger partial charge in [-0.05, 0) is 24.5 Å². The fourth-order valence-electron chi connectivity index (χ4n) is 3.37. The number of fused-ring (bicyclic) bond motifs is 1. The summed E-state index contributed by atoms with van der Waals surface area (Å²) in [5.74, 6) is -0.887. The second-order valence-electron chi connectivity index (χ2n) is 8.00. The van der Waals surface area contributed by atoms with Crippen LogP contribution in [0.2, 0.25) is 0 Å². The molecule has 7 nitrogen and oxygen atoms in total. The highest BCUT2D eigenvalue weighted by molar-refractivity contribution is 6.02. The molecule has 1 heterocycles. The number of rotatable bonds is 7. The predicted molar refractivity (Wildman–Crippen MR) is 119 cm³/mol. The number of amides is 1. The number of carbonyl (C=O) groups is 2. The number of benzene rings is 2. The smallest absolute Gasteiger partial charge is 0.360 e. The summed E-state index contributed by atoms with van der Waals surface area (Å²) in [5, 5.41) is 5.08. The summed E-state index contributed by atoms with van der Waals surface area (Å²) in [6.07, 6.45) is -0.993. The minimum absolute atomic E-state index is 0.0289. The Morgan fingerprint density at radius 1 is 1.00 bits per heavy atom. The summed E-state index contributed by atoms with van der Waals surface area (Å²) in [6, 6.07) is 16.4. The van der Waals surface area contributed by atoms with Gasteiger partial charge in [-0.2, -0.15) is 5.10 Å². The SMILES string of the molecule is CC(C)Cn1nc(C(=O)O[C@@H](C)C(=O)N(C)Cc2ccccc2)c2ccccc2c1=O. The van der Waals surface area contributed by atoms with Gasteiger partial charge >= 0.3 is 5.97 Å². The minimum atomic E-state index is -0.993. The third-order valence-electron chi connectivity index (χ3n) is 4.87. The summed E-state index contributed by atoms with van der Waals surface area (Å²) in [7, 11) is 1.66. The Hall–Kier alpha value is -3.48. The normalized spacial score (nSPS) is 12.0. The number of ether oxygens (including phenoxy) is 1. The van der Waals surface area contributed by atoms with E-state index in [2.05, 4.69) is 5.10 Å². The molecule has 0 saturated heterocycles. The summed E-state index contributed by atoms with van der Waals surface area (Å²) in [6.45, 7) is 6.24. The fraction of sp³-hybridized carbons (Fsp3) is 0.333. The number of likely N-dealkylation sites (N-methyl/N-ethyl adjacent to an activating group) is 1. The van der Waals surface area contributed by atoms with Crippen molar-refractivity contribution in [2.75, 3.05) is 7.05 Å². The third kappa shape index (κ3) is 5.17. The van der Waals surface area contributed by atoms with Crippen LogP contribution in [-0.2, 0) is 22.6 Å². The molecule has 3 aromatic rings. The van der Waals surface area contributed by atoms with Gasteiger partial charge in [-0.1, -0.05) is 62.4 Å². The van der Waals surface area contributed by atoms with E-state index >= 15 is 0 Å². The molecule has 0 unspecified atom stereocenters. The summed E-state index contributed by atoms with van der Waals surface area (Å²) in [5.41, 5.74) is 0.749. The number of hydrogen-bond donors (Lipinski definition) is 0. The first-order valence-corrected chi connectivity index (χ1v) is 10.3. The van der Waals surface area contributed by atoms with Crippen LogP contribution < -0.4 is 5.56 Å². The average molecular weight is 421 g/mol. The van der Waals surface area contributed by atoms with Gasteiger partial charge in [-0.15, -0.1) is 0 Å². The topological polar surface area (TPSA) is 81.5 Å². The zero-order chi connectivity index (χ0) is 22.5. The molecule has 0 fully saturated rings. The molecule has 0 spiro atoms. The first-order chi connectivity index (χ1) is 14.8. The van der Waals surface area contributed by atoms with E-state index in [4.69, 9.17) is 4.74 Å². The quantitative estimate of drug-likeness (QED) is 0.547. The Labute approximate surface area is 181 Å². The van der Waals surface area contributed by atoms with Crippen molar-refractivity contribution in [2.45, 2.75) is 40.0 Å². The molecule has 1 amide bonds. The van der Waals surface area contributed by atoms with Gasteiger partial charge in [0, 0.05) is 25.5 Å². The molecule has 7 heteroatoms. The van der Waals surface area contributed by atoms with Crippen LogP contribution in [0.25, 0.3) is 10.8 Å². The number of carbonyl (C=O) groups excluding carboxylic acids is 2. The van der Waals surface area contributed by atoms with Crippen molar-refractivity contribution in [2.24, 2.45) is 5.92 Å². The molecule has 162 valence electrons. The Balaban J connectivity index is 1.83. The van der Waals surface area contributed by atoms with Crippen LogP contribution in [-0.4, -0.2) is 39.7 Å². The van der Waals surface area contributed by atoms with E-state index in [0.29, 0.717) is 23.9 Å². The van der Waals surface area contributed by atoms with E-state index in [1.165, 1.54) is 16.5 Å². The highest BCUT2D eigenvalue weighted by Gasteiger charge is 2.25. The van der Waals surface area contributed by atoms with Crippen LogP contribution in [0.15, 0.2) is 59.4 Å². The standard InChI is InChI=1S/C24H27N3O4/c1-16(2)14-27-23(29)20-13-9-8-12-19(20)21(25-27)24(30)31-17(3)22(28)26(4)15-18-10-6-5-7-11-18/h5-13,16-17H,14-15H2,1-4H3/t17-/m0/s1. The molecule has 3 rings (SSSR count). The zero-order valence-corrected chi connectivity index (χ0v) is 18.2. The number of nitrogens with zero attached hydrogens (tertiary/aromatic N) is 3. The highest BCUT2D eigenvalue weighted by atomic mass is 16.5. The molecule has 0 saturated carbocycles. The monoisotopic (exact) mass is 421 g/mol. The lowest BCUT2D eigenvalue weighted by Gasteiger charge is -2.22.